The normalized spacial score (nSPS) is 10.7. The van der Waals surface area contributed by atoms with E-state index >= 15 is 0 Å². The molecule has 0 aliphatic heterocycles. The molecule has 1 aromatic heterocycles. The molecule has 4 aromatic rings. The predicted molar refractivity (Wildman–Crippen MR) is 142 cm³/mol. The van der Waals surface area contributed by atoms with E-state index in [1.54, 1.807) is 42.5 Å². The molecule has 4 rings (SSSR count). The predicted octanol–water partition coefficient (Wildman–Crippen LogP) is 5.39. The summed E-state index contributed by atoms with van der Waals surface area (Å²) in [5.41, 5.74) is 4.60. The minimum Gasteiger partial charge on any atom is -0.347 e. The van der Waals surface area contributed by atoms with Crippen LogP contribution < -0.4 is 16.1 Å². The number of hydrogen-bond donors (Lipinski definition) is 3. The Balaban J connectivity index is 1.53. The highest BCUT2D eigenvalue weighted by Crippen LogP contribution is 2.26. The van der Waals surface area contributed by atoms with Crippen LogP contribution in [0, 0.1) is 0 Å². The summed E-state index contributed by atoms with van der Waals surface area (Å²) in [5.74, 6) is -2.24. The lowest BCUT2D eigenvalue weighted by Gasteiger charge is -2.13. The lowest BCUT2D eigenvalue weighted by Crippen LogP contribution is -2.40. The second-order valence-corrected chi connectivity index (χ2v) is 9.40. The van der Waals surface area contributed by atoms with Crippen molar-refractivity contribution >= 4 is 73.4 Å². The molecule has 0 spiro atoms. The number of amides is 3. The van der Waals surface area contributed by atoms with Gasteiger partial charge in [0.15, 0.2) is 0 Å². The fourth-order valence-electron chi connectivity index (χ4n) is 3.49. The van der Waals surface area contributed by atoms with E-state index in [9.17, 15) is 14.4 Å². The van der Waals surface area contributed by atoms with Gasteiger partial charge in [-0.3, -0.25) is 19.8 Å². The minimum atomic E-state index is -0.904. The monoisotopic (exact) mass is 572 g/mol. The zero-order valence-corrected chi connectivity index (χ0v) is 21.2. The number of nitrogens with zero attached hydrogens (tertiary/aromatic N) is 1. The Morgan fingerprint density at radius 3 is 2.29 bits per heavy atom. The molecule has 0 bridgehead atoms. The fourth-order valence-corrected chi connectivity index (χ4v) is 4.40. The molecular weight excluding hydrogens is 555 g/mol. The van der Waals surface area contributed by atoms with Crippen molar-refractivity contribution in [2.75, 3.05) is 17.3 Å². The molecule has 178 valence electrons. The van der Waals surface area contributed by atoms with Crippen molar-refractivity contribution in [2.45, 2.75) is 6.42 Å². The van der Waals surface area contributed by atoms with E-state index in [2.05, 4.69) is 32.0 Å². The molecule has 3 amide bonds. The highest BCUT2D eigenvalue weighted by atomic mass is 79.9. The van der Waals surface area contributed by atoms with Gasteiger partial charge in [-0.05, 0) is 54.4 Å². The van der Waals surface area contributed by atoms with E-state index in [0.717, 1.165) is 10.0 Å². The van der Waals surface area contributed by atoms with Gasteiger partial charge in [-0.15, -0.1) is 0 Å². The van der Waals surface area contributed by atoms with Crippen LogP contribution in [-0.2, 0) is 16.0 Å². The molecule has 0 saturated heterocycles. The topological polar surface area (TPSA) is 92.2 Å². The van der Waals surface area contributed by atoms with Crippen LogP contribution in [0.4, 0.5) is 5.69 Å². The summed E-state index contributed by atoms with van der Waals surface area (Å²) in [6.07, 6.45) is 0.580. The van der Waals surface area contributed by atoms with Gasteiger partial charge in [-0.1, -0.05) is 69.5 Å². The van der Waals surface area contributed by atoms with Gasteiger partial charge in [0.2, 0.25) is 0 Å². The molecule has 35 heavy (non-hydrogen) atoms. The van der Waals surface area contributed by atoms with Crippen molar-refractivity contribution in [1.29, 1.82) is 0 Å². The zero-order chi connectivity index (χ0) is 24.9. The highest BCUT2D eigenvalue weighted by molar-refractivity contribution is 9.10. The van der Waals surface area contributed by atoms with Crippen LogP contribution in [0.15, 0.2) is 77.3 Å². The Morgan fingerprint density at radius 2 is 1.57 bits per heavy atom. The minimum absolute atomic E-state index is 0.111. The van der Waals surface area contributed by atoms with Crippen LogP contribution in [-0.4, -0.2) is 28.9 Å². The Morgan fingerprint density at radius 1 is 0.857 bits per heavy atom. The molecule has 3 N–H and O–H groups in total. The van der Waals surface area contributed by atoms with Crippen LogP contribution in [0.1, 0.15) is 16.1 Å². The van der Waals surface area contributed by atoms with Crippen molar-refractivity contribution < 1.29 is 14.4 Å². The Hall–Kier alpha value is -3.33. The molecular formula is C25H19BrCl2N4O3. The number of benzene rings is 3. The number of rotatable bonds is 6. The number of hydrogen-bond acceptors (Lipinski definition) is 3. The lowest BCUT2D eigenvalue weighted by atomic mass is 10.1. The number of fused-ring (bicyclic) bond motifs is 1. The average molecular weight is 574 g/mol. The van der Waals surface area contributed by atoms with Crippen molar-refractivity contribution in [2.24, 2.45) is 0 Å². The number of halogens is 3. The van der Waals surface area contributed by atoms with E-state index in [-0.39, 0.29) is 5.69 Å². The van der Waals surface area contributed by atoms with Crippen molar-refractivity contribution in [3.05, 3.63) is 98.6 Å². The quantitative estimate of drug-likeness (QED) is 0.270. The summed E-state index contributed by atoms with van der Waals surface area (Å²) in [7, 11) is 0. The number of carbonyl (C=O) groups is 3. The van der Waals surface area contributed by atoms with Gasteiger partial charge in [-0.2, -0.15) is 0 Å². The Kier molecular flexibility index (Phi) is 7.75. The van der Waals surface area contributed by atoms with Crippen LogP contribution in [0.25, 0.3) is 10.9 Å². The van der Waals surface area contributed by atoms with E-state index in [1.165, 1.54) is 4.68 Å². The number of carbonyl (C=O) groups excluding carboxylic acids is 3. The summed E-state index contributed by atoms with van der Waals surface area (Å²) in [6, 6.07) is 21.1. The average Bonchev–Trinajstić information content (AvgIpc) is 3.16. The van der Waals surface area contributed by atoms with Crippen LogP contribution in [0.3, 0.4) is 0 Å². The van der Waals surface area contributed by atoms with E-state index < -0.39 is 17.7 Å². The van der Waals surface area contributed by atoms with Crippen molar-refractivity contribution in [3.63, 3.8) is 0 Å². The SMILES string of the molecule is O=C(NCCc1ccccc1)C(=O)Nn1c(C(=O)Nc2cc(Cl)cc(Cl)c2)cc2cc(Br)ccc21. The van der Waals surface area contributed by atoms with Crippen LogP contribution >= 0.6 is 39.1 Å². The molecule has 0 radical (unpaired) electrons. The molecule has 0 fully saturated rings. The van der Waals surface area contributed by atoms with E-state index in [1.807, 2.05) is 30.3 Å². The fraction of sp³-hybridized carbons (Fsp3) is 0.0800. The summed E-state index contributed by atoms with van der Waals surface area (Å²) < 4.78 is 2.07. The van der Waals surface area contributed by atoms with Crippen molar-refractivity contribution in [3.8, 4) is 0 Å². The smallest absolute Gasteiger partial charge is 0.328 e. The second-order valence-electron chi connectivity index (χ2n) is 7.61. The molecule has 0 unspecified atom stereocenters. The largest absolute Gasteiger partial charge is 0.347 e. The first-order valence-corrected chi connectivity index (χ1v) is 12.1. The lowest BCUT2D eigenvalue weighted by molar-refractivity contribution is -0.136. The maximum Gasteiger partial charge on any atom is 0.328 e. The standard InChI is InChI=1S/C25H19BrCl2N4O3/c26-17-6-7-21-16(10-17)11-22(23(33)30-20-13-18(27)12-19(28)14-20)32(21)31-25(35)24(34)29-9-8-15-4-2-1-3-5-15/h1-7,10-14H,8-9H2,(H,29,34)(H,30,33)(H,31,35). The first-order valence-electron chi connectivity index (χ1n) is 10.5. The molecule has 7 nitrogen and oxygen atoms in total. The second kappa shape index (κ2) is 10.9. The summed E-state index contributed by atoms with van der Waals surface area (Å²) in [4.78, 5) is 38.2. The maximum absolute atomic E-state index is 13.1. The van der Waals surface area contributed by atoms with E-state index in [0.29, 0.717) is 39.6 Å². The third-order valence-corrected chi connectivity index (χ3v) is 6.01. The van der Waals surface area contributed by atoms with Gasteiger partial charge in [0.05, 0.1) is 5.52 Å². The van der Waals surface area contributed by atoms with Gasteiger partial charge in [0, 0.05) is 32.1 Å². The third kappa shape index (κ3) is 6.22. The van der Waals surface area contributed by atoms with Gasteiger partial charge in [0.1, 0.15) is 5.69 Å². The number of nitrogens with one attached hydrogen (secondary N) is 3. The van der Waals surface area contributed by atoms with Gasteiger partial charge in [0.25, 0.3) is 5.91 Å². The summed E-state index contributed by atoms with van der Waals surface area (Å²) >= 11 is 15.5. The zero-order valence-electron chi connectivity index (χ0n) is 18.1. The molecule has 1 heterocycles. The highest BCUT2D eigenvalue weighted by Gasteiger charge is 2.21. The van der Waals surface area contributed by atoms with Gasteiger partial charge < -0.3 is 10.6 Å². The summed E-state index contributed by atoms with van der Waals surface area (Å²) in [6.45, 7) is 0.290. The van der Waals surface area contributed by atoms with Gasteiger partial charge in [-0.25, -0.2) is 4.68 Å². The maximum atomic E-state index is 13.1. The third-order valence-electron chi connectivity index (χ3n) is 5.08. The van der Waals surface area contributed by atoms with Gasteiger partial charge >= 0.3 is 11.8 Å². The number of aromatic nitrogens is 1. The summed E-state index contributed by atoms with van der Waals surface area (Å²) in [5, 5.41) is 6.72. The molecule has 3 aromatic carbocycles. The number of anilines is 1. The molecule has 0 saturated carbocycles. The van der Waals surface area contributed by atoms with Crippen molar-refractivity contribution in [1.82, 2.24) is 9.99 Å². The van der Waals surface area contributed by atoms with Crippen LogP contribution in [0.2, 0.25) is 10.0 Å². The first-order chi connectivity index (χ1) is 16.8. The molecule has 0 aliphatic rings. The first kappa shape index (κ1) is 24.8. The van der Waals surface area contributed by atoms with E-state index in [4.69, 9.17) is 23.2 Å². The molecule has 0 atom stereocenters. The Bertz CT molecular complexity index is 1400. The molecule has 0 aliphatic carbocycles. The molecule has 10 heteroatoms. The van der Waals surface area contributed by atoms with Crippen LogP contribution in [0.5, 0.6) is 0 Å². The Labute approximate surface area is 219 Å².